The minimum atomic E-state index is -0.136. The minimum absolute atomic E-state index is 0.136. The van der Waals surface area contributed by atoms with Crippen molar-refractivity contribution in [1.29, 1.82) is 0 Å². The van der Waals surface area contributed by atoms with Crippen LogP contribution in [0.2, 0.25) is 0 Å². The van der Waals surface area contributed by atoms with Gasteiger partial charge in [0.05, 0.1) is 11.1 Å². The minimum Gasteiger partial charge on any atom is -0.507 e. The number of rotatable bonds is 6. The molecule has 4 nitrogen and oxygen atoms in total. The maximum absolute atomic E-state index is 12.9. The van der Waals surface area contributed by atoms with Crippen molar-refractivity contribution >= 4 is 27.8 Å². The summed E-state index contributed by atoms with van der Waals surface area (Å²) in [5, 5.41) is 10.5. The smallest absolute Gasteiger partial charge is 0.232 e. The van der Waals surface area contributed by atoms with E-state index in [1.54, 1.807) is 12.1 Å². The van der Waals surface area contributed by atoms with Crippen molar-refractivity contribution in [2.75, 3.05) is 13.6 Å². The largest absolute Gasteiger partial charge is 0.507 e. The van der Waals surface area contributed by atoms with Crippen LogP contribution in [0.4, 0.5) is 0 Å². The van der Waals surface area contributed by atoms with Gasteiger partial charge in [-0.15, -0.1) is 0 Å². The van der Waals surface area contributed by atoms with Crippen LogP contribution < -0.4 is 4.74 Å². The maximum atomic E-state index is 12.9. The molecule has 2 aromatic carbocycles. The fourth-order valence-electron chi connectivity index (χ4n) is 3.22. The Hall–Kier alpha value is -2.11. The van der Waals surface area contributed by atoms with Crippen molar-refractivity contribution < 1.29 is 14.6 Å². The third-order valence-electron chi connectivity index (χ3n) is 4.71. The average Bonchev–Trinajstić information content (AvgIpc) is 2.95. The number of aryl methyl sites for hydroxylation is 1. The molecule has 5 heteroatoms. The van der Waals surface area contributed by atoms with Crippen molar-refractivity contribution in [3.63, 3.8) is 0 Å². The monoisotopic (exact) mass is 429 g/mol. The highest BCUT2D eigenvalue weighted by Crippen LogP contribution is 2.42. The molecule has 0 spiro atoms. The van der Waals surface area contributed by atoms with Crippen LogP contribution in [-0.2, 0) is 6.54 Å². The van der Waals surface area contributed by atoms with Crippen LogP contribution in [0.25, 0.3) is 6.08 Å². The topological polar surface area (TPSA) is 49.8 Å². The van der Waals surface area contributed by atoms with Gasteiger partial charge in [0.15, 0.2) is 5.76 Å². The standard InChI is InChI=1S/C22H24BrNO3/c1-4-5-10-24(3)13-17-18(25)11-14(2)20-21(26)19(27-22(17)20)12-15-6-8-16(23)9-7-15/h6-9,11-12,25H,4-5,10,13H2,1-3H3/b19-12-. The summed E-state index contributed by atoms with van der Waals surface area (Å²) in [6.45, 7) is 5.43. The number of benzene rings is 2. The number of unbranched alkanes of at least 4 members (excludes halogenated alkanes) is 1. The Bertz CT molecular complexity index is 887. The second kappa shape index (κ2) is 8.28. The van der Waals surface area contributed by atoms with Crippen molar-refractivity contribution in [2.24, 2.45) is 0 Å². The molecule has 1 aliphatic heterocycles. The van der Waals surface area contributed by atoms with E-state index in [4.69, 9.17) is 4.74 Å². The first-order valence-corrected chi connectivity index (χ1v) is 9.93. The van der Waals surface area contributed by atoms with Gasteiger partial charge in [0.25, 0.3) is 0 Å². The normalized spacial score (nSPS) is 14.7. The summed E-state index contributed by atoms with van der Waals surface area (Å²) in [6.07, 6.45) is 3.94. The Morgan fingerprint density at radius 1 is 1.26 bits per heavy atom. The number of carbonyl (C=O) groups is 1. The van der Waals surface area contributed by atoms with Gasteiger partial charge in [0.1, 0.15) is 11.5 Å². The van der Waals surface area contributed by atoms with Crippen LogP contribution in [0.3, 0.4) is 0 Å². The number of Topliss-reactive ketones (excluding diaryl/α,β-unsaturated/α-hetero) is 1. The van der Waals surface area contributed by atoms with Crippen molar-refractivity contribution in [3.05, 3.63) is 62.8 Å². The zero-order chi connectivity index (χ0) is 19.6. The first kappa shape index (κ1) is 19.6. The maximum Gasteiger partial charge on any atom is 0.232 e. The number of aromatic hydroxyl groups is 1. The summed E-state index contributed by atoms with van der Waals surface area (Å²) in [6, 6.07) is 9.33. The predicted molar refractivity (Wildman–Crippen MR) is 111 cm³/mol. The van der Waals surface area contributed by atoms with Gasteiger partial charge in [-0.05, 0) is 62.3 Å². The number of fused-ring (bicyclic) bond motifs is 1. The number of hydrogen-bond donors (Lipinski definition) is 1. The number of phenolic OH excluding ortho intramolecular Hbond substituents is 1. The molecule has 0 saturated carbocycles. The molecular formula is C22H24BrNO3. The van der Waals surface area contributed by atoms with Crippen LogP contribution in [-0.4, -0.2) is 29.4 Å². The van der Waals surface area contributed by atoms with Gasteiger partial charge in [-0.1, -0.05) is 41.4 Å². The van der Waals surface area contributed by atoms with Gasteiger partial charge in [-0.25, -0.2) is 0 Å². The Morgan fingerprint density at radius 3 is 2.63 bits per heavy atom. The predicted octanol–water partition coefficient (Wildman–Crippen LogP) is 5.31. The van der Waals surface area contributed by atoms with E-state index in [1.165, 1.54) is 0 Å². The summed E-state index contributed by atoms with van der Waals surface area (Å²) < 4.78 is 6.94. The van der Waals surface area contributed by atoms with Crippen LogP contribution in [0.15, 0.2) is 40.6 Å². The van der Waals surface area contributed by atoms with Gasteiger partial charge < -0.3 is 14.7 Å². The van der Waals surface area contributed by atoms with Crippen LogP contribution in [0.1, 0.15) is 46.8 Å². The zero-order valence-corrected chi connectivity index (χ0v) is 17.5. The van der Waals surface area contributed by atoms with Gasteiger partial charge in [-0.3, -0.25) is 4.79 Å². The zero-order valence-electron chi connectivity index (χ0n) is 15.9. The summed E-state index contributed by atoms with van der Waals surface area (Å²) in [5.74, 6) is 0.817. The Balaban J connectivity index is 1.95. The molecule has 3 rings (SSSR count). The molecule has 1 aliphatic rings. The van der Waals surface area contributed by atoms with Gasteiger partial charge in [0.2, 0.25) is 5.78 Å². The number of carbonyl (C=O) groups excluding carboxylic acids is 1. The molecule has 0 unspecified atom stereocenters. The van der Waals surface area contributed by atoms with Crippen LogP contribution >= 0.6 is 15.9 Å². The number of halogens is 1. The Kier molecular flexibility index (Phi) is 6.02. The van der Waals surface area contributed by atoms with E-state index >= 15 is 0 Å². The number of phenols is 1. The number of allylic oxidation sites excluding steroid dienone is 1. The lowest BCUT2D eigenvalue weighted by atomic mass is 9.99. The molecule has 0 radical (unpaired) electrons. The molecule has 0 fully saturated rings. The summed E-state index contributed by atoms with van der Waals surface area (Å²) in [4.78, 5) is 15.0. The molecule has 142 valence electrons. The fraction of sp³-hybridized carbons (Fsp3) is 0.318. The quantitative estimate of drug-likeness (QED) is 0.631. The van der Waals surface area contributed by atoms with E-state index < -0.39 is 0 Å². The molecular weight excluding hydrogens is 406 g/mol. The first-order valence-electron chi connectivity index (χ1n) is 9.14. The lowest BCUT2D eigenvalue weighted by Gasteiger charge is -2.19. The highest BCUT2D eigenvalue weighted by Gasteiger charge is 2.33. The van der Waals surface area contributed by atoms with Gasteiger partial charge in [0, 0.05) is 11.0 Å². The van der Waals surface area contributed by atoms with Crippen LogP contribution in [0, 0.1) is 6.92 Å². The van der Waals surface area contributed by atoms with Gasteiger partial charge >= 0.3 is 0 Å². The SMILES string of the molecule is CCCCN(C)Cc1c(O)cc(C)c2c1O/C(=C\c1ccc(Br)cc1)C2=O. The molecule has 1 heterocycles. The number of ether oxygens (including phenoxy) is 1. The molecule has 27 heavy (non-hydrogen) atoms. The van der Waals surface area contributed by atoms with E-state index in [2.05, 4.69) is 27.8 Å². The summed E-state index contributed by atoms with van der Waals surface area (Å²) in [5.41, 5.74) is 2.83. The molecule has 2 aromatic rings. The molecule has 0 bridgehead atoms. The molecule has 0 amide bonds. The number of ketones is 1. The van der Waals surface area contributed by atoms with E-state index in [0.717, 1.165) is 35.0 Å². The van der Waals surface area contributed by atoms with E-state index in [1.807, 2.05) is 38.2 Å². The molecule has 1 N–H and O–H groups in total. The van der Waals surface area contributed by atoms with Crippen molar-refractivity contribution in [2.45, 2.75) is 33.2 Å². The van der Waals surface area contributed by atoms with Crippen molar-refractivity contribution in [1.82, 2.24) is 4.90 Å². The summed E-state index contributed by atoms with van der Waals surface area (Å²) >= 11 is 3.41. The highest BCUT2D eigenvalue weighted by atomic mass is 79.9. The molecule has 0 atom stereocenters. The van der Waals surface area contributed by atoms with E-state index in [-0.39, 0.29) is 11.5 Å². The highest BCUT2D eigenvalue weighted by molar-refractivity contribution is 9.10. The number of hydrogen-bond acceptors (Lipinski definition) is 4. The lowest BCUT2D eigenvalue weighted by Crippen LogP contribution is -2.19. The van der Waals surface area contributed by atoms with E-state index in [0.29, 0.717) is 29.2 Å². The summed E-state index contributed by atoms with van der Waals surface area (Å²) in [7, 11) is 2.01. The Labute approximate surface area is 168 Å². The third kappa shape index (κ3) is 4.25. The fourth-order valence-corrected chi connectivity index (χ4v) is 3.48. The second-order valence-corrected chi connectivity index (χ2v) is 7.89. The number of nitrogens with zero attached hydrogens (tertiary/aromatic N) is 1. The second-order valence-electron chi connectivity index (χ2n) is 6.98. The van der Waals surface area contributed by atoms with E-state index in [9.17, 15) is 9.90 Å². The first-order chi connectivity index (χ1) is 12.9. The third-order valence-corrected chi connectivity index (χ3v) is 5.24. The van der Waals surface area contributed by atoms with Crippen LogP contribution in [0.5, 0.6) is 11.5 Å². The Morgan fingerprint density at radius 2 is 1.96 bits per heavy atom. The van der Waals surface area contributed by atoms with Gasteiger partial charge in [-0.2, -0.15) is 0 Å². The molecule has 0 aromatic heterocycles. The van der Waals surface area contributed by atoms with Crippen molar-refractivity contribution in [3.8, 4) is 11.5 Å². The lowest BCUT2D eigenvalue weighted by molar-refractivity contribution is 0.101. The molecule has 0 saturated heterocycles. The average molecular weight is 430 g/mol. The molecule has 0 aliphatic carbocycles.